The lowest BCUT2D eigenvalue weighted by molar-refractivity contribution is -0.124. The predicted molar refractivity (Wildman–Crippen MR) is 116 cm³/mol. The number of carbonyl (C=O) groups is 3. The van der Waals surface area contributed by atoms with E-state index in [4.69, 9.17) is 4.74 Å². The zero-order valence-corrected chi connectivity index (χ0v) is 17.7. The van der Waals surface area contributed by atoms with E-state index in [1.165, 1.54) is 7.11 Å². The second-order valence-electron chi connectivity index (χ2n) is 6.97. The Hall–Kier alpha value is -3.74. The molecule has 0 aliphatic rings. The number of para-hydroxylation sites is 1. The maximum Gasteiger partial charge on any atom is 0.339 e. The van der Waals surface area contributed by atoms with Crippen molar-refractivity contribution in [3.8, 4) is 0 Å². The molecule has 160 valence electrons. The van der Waals surface area contributed by atoms with E-state index in [1.54, 1.807) is 24.3 Å². The summed E-state index contributed by atoms with van der Waals surface area (Å²) in [7, 11) is 1.32. The van der Waals surface area contributed by atoms with Gasteiger partial charge in [-0.05, 0) is 42.7 Å². The number of methoxy groups -OCH3 is 1. The summed E-state index contributed by atoms with van der Waals surface area (Å²) in [4.78, 5) is 41.0. The molecule has 0 fully saturated rings. The molecule has 0 unspecified atom stereocenters. The van der Waals surface area contributed by atoms with Crippen LogP contribution in [-0.4, -0.2) is 36.5 Å². The molecule has 0 saturated heterocycles. The molecule has 0 saturated carbocycles. The minimum atomic E-state index is -0.552. The lowest BCUT2D eigenvalue weighted by atomic mass is 10.0. The molecule has 1 heterocycles. The summed E-state index contributed by atoms with van der Waals surface area (Å²) in [5.74, 6) is -1.40. The average Bonchev–Trinajstić information content (AvgIpc) is 2.80. The van der Waals surface area contributed by atoms with E-state index >= 15 is 0 Å². The van der Waals surface area contributed by atoms with E-state index in [-0.39, 0.29) is 6.54 Å². The molecule has 0 bridgehead atoms. The molecule has 2 aromatic carbocycles. The summed E-state index contributed by atoms with van der Waals surface area (Å²) < 4.78 is 9.95. The smallest absolute Gasteiger partial charge is 0.339 e. The van der Waals surface area contributed by atoms with E-state index in [9.17, 15) is 14.4 Å². The van der Waals surface area contributed by atoms with E-state index in [2.05, 4.69) is 15.0 Å². The lowest BCUT2D eigenvalue weighted by Gasteiger charge is -2.13. The van der Waals surface area contributed by atoms with Gasteiger partial charge in [-0.25, -0.2) is 9.59 Å². The van der Waals surface area contributed by atoms with E-state index in [0.29, 0.717) is 22.9 Å². The number of hydrogen-bond donors (Lipinski definition) is 1. The molecule has 0 aliphatic carbocycles. The summed E-state index contributed by atoms with van der Waals surface area (Å²) in [5.41, 5.74) is 3.97. The van der Waals surface area contributed by atoms with Gasteiger partial charge in [-0.2, -0.15) is 0 Å². The standard InChI is InChI=1S/C24H24N2O5/c1-4-19-15(2)22(18-7-5-6-8-20(18)26-19)24(29)31-14-21(27)25-13-16-9-11-17(12-10-16)23(28)30-3/h5-12H,4,13-14H2,1-3H3,(H,25,27). The first kappa shape index (κ1) is 22.0. The molecule has 1 N–H and O–H groups in total. The van der Waals surface area contributed by atoms with Gasteiger partial charge in [0.2, 0.25) is 0 Å². The van der Waals surface area contributed by atoms with Crippen molar-refractivity contribution in [3.05, 3.63) is 76.5 Å². The van der Waals surface area contributed by atoms with Crippen molar-refractivity contribution in [1.82, 2.24) is 10.3 Å². The topological polar surface area (TPSA) is 94.6 Å². The van der Waals surface area contributed by atoms with Crippen molar-refractivity contribution in [1.29, 1.82) is 0 Å². The summed E-state index contributed by atoms with van der Waals surface area (Å²) >= 11 is 0. The highest BCUT2D eigenvalue weighted by Gasteiger charge is 2.19. The second kappa shape index (κ2) is 9.84. The van der Waals surface area contributed by atoms with Gasteiger partial charge in [0, 0.05) is 17.6 Å². The Morgan fingerprint density at radius 2 is 1.71 bits per heavy atom. The Bertz CT molecular complexity index is 1120. The molecule has 0 spiro atoms. The lowest BCUT2D eigenvalue weighted by Crippen LogP contribution is -2.28. The van der Waals surface area contributed by atoms with Crippen LogP contribution >= 0.6 is 0 Å². The van der Waals surface area contributed by atoms with Crippen LogP contribution in [0.3, 0.4) is 0 Å². The van der Waals surface area contributed by atoms with Crippen molar-refractivity contribution >= 4 is 28.7 Å². The number of carbonyl (C=O) groups excluding carboxylic acids is 3. The van der Waals surface area contributed by atoms with E-state index < -0.39 is 24.5 Å². The highest BCUT2D eigenvalue weighted by molar-refractivity contribution is 6.05. The fraction of sp³-hybridized carbons (Fsp3) is 0.250. The molecule has 7 heteroatoms. The molecule has 0 aliphatic heterocycles. The number of rotatable bonds is 7. The molecular formula is C24H24N2O5. The molecule has 0 radical (unpaired) electrons. The third-order valence-corrected chi connectivity index (χ3v) is 4.97. The van der Waals surface area contributed by atoms with Crippen molar-refractivity contribution in [2.75, 3.05) is 13.7 Å². The van der Waals surface area contributed by atoms with Crippen LogP contribution < -0.4 is 5.32 Å². The van der Waals surface area contributed by atoms with Crippen molar-refractivity contribution in [2.24, 2.45) is 0 Å². The molecule has 1 amide bonds. The van der Waals surface area contributed by atoms with Crippen molar-refractivity contribution < 1.29 is 23.9 Å². The fourth-order valence-corrected chi connectivity index (χ4v) is 3.30. The Morgan fingerprint density at radius 1 is 1.00 bits per heavy atom. The molecule has 3 aromatic rings. The normalized spacial score (nSPS) is 10.5. The van der Waals surface area contributed by atoms with Crippen molar-refractivity contribution in [3.63, 3.8) is 0 Å². The number of aromatic nitrogens is 1. The van der Waals surface area contributed by atoms with Crippen LogP contribution in [0.5, 0.6) is 0 Å². The molecule has 7 nitrogen and oxygen atoms in total. The number of esters is 2. The quantitative estimate of drug-likeness (QED) is 0.589. The van der Waals surface area contributed by atoms with Gasteiger partial charge in [-0.1, -0.05) is 37.3 Å². The summed E-state index contributed by atoms with van der Waals surface area (Å²) in [6.45, 7) is 3.67. The van der Waals surface area contributed by atoms with Crippen LogP contribution in [0.15, 0.2) is 48.5 Å². The predicted octanol–water partition coefficient (Wildman–Crippen LogP) is 3.37. The van der Waals surface area contributed by atoms with E-state index in [0.717, 1.165) is 22.3 Å². The Balaban J connectivity index is 1.63. The number of pyridine rings is 1. The van der Waals surface area contributed by atoms with Crippen LogP contribution in [-0.2, 0) is 27.2 Å². The van der Waals surface area contributed by atoms with Crippen LogP contribution in [0, 0.1) is 6.92 Å². The number of nitrogens with zero attached hydrogens (tertiary/aromatic N) is 1. The van der Waals surface area contributed by atoms with Crippen LogP contribution in [0.25, 0.3) is 10.9 Å². The third kappa shape index (κ3) is 5.06. The fourth-order valence-electron chi connectivity index (χ4n) is 3.30. The first-order valence-corrected chi connectivity index (χ1v) is 9.93. The van der Waals surface area contributed by atoms with Crippen LogP contribution in [0.1, 0.15) is 44.5 Å². The highest BCUT2D eigenvalue weighted by Crippen LogP contribution is 2.24. The van der Waals surface area contributed by atoms with Crippen LogP contribution in [0.2, 0.25) is 0 Å². The SMILES string of the molecule is CCc1nc2ccccc2c(C(=O)OCC(=O)NCc2ccc(C(=O)OC)cc2)c1C. The van der Waals surface area contributed by atoms with Crippen molar-refractivity contribution in [2.45, 2.75) is 26.8 Å². The third-order valence-electron chi connectivity index (χ3n) is 4.97. The zero-order chi connectivity index (χ0) is 22.4. The monoisotopic (exact) mass is 420 g/mol. The minimum absolute atomic E-state index is 0.245. The number of ether oxygens (including phenoxy) is 2. The maximum absolute atomic E-state index is 12.8. The number of nitrogens with one attached hydrogen (secondary N) is 1. The Morgan fingerprint density at radius 3 is 2.39 bits per heavy atom. The minimum Gasteiger partial charge on any atom is -0.465 e. The Kier molecular flexibility index (Phi) is 6.97. The largest absolute Gasteiger partial charge is 0.465 e. The number of benzene rings is 2. The zero-order valence-electron chi connectivity index (χ0n) is 17.7. The molecule has 3 rings (SSSR count). The maximum atomic E-state index is 12.8. The molecular weight excluding hydrogens is 396 g/mol. The van der Waals surface area contributed by atoms with Gasteiger partial charge < -0.3 is 14.8 Å². The molecule has 0 atom stereocenters. The van der Waals surface area contributed by atoms with Gasteiger partial charge in [-0.3, -0.25) is 9.78 Å². The van der Waals surface area contributed by atoms with Gasteiger partial charge in [0.15, 0.2) is 6.61 Å². The Labute approximate surface area is 180 Å². The van der Waals surface area contributed by atoms with Gasteiger partial charge >= 0.3 is 11.9 Å². The number of amides is 1. The number of hydrogen-bond acceptors (Lipinski definition) is 6. The van der Waals surface area contributed by atoms with Gasteiger partial charge in [-0.15, -0.1) is 0 Å². The highest BCUT2D eigenvalue weighted by atomic mass is 16.5. The van der Waals surface area contributed by atoms with Crippen LogP contribution in [0.4, 0.5) is 0 Å². The second-order valence-corrected chi connectivity index (χ2v) is 6.97. The average molecular weight is 420 g/mol. The molecule has 31 heavy (non-hydrogen) atoms. The summed E-state index contributed by atoms with van der Waals surface area (Å²) in [6.07, 6.45) is 0.687. The first-order chi connectivity index (χ1) is 14.9. The van der Waals surface area contributed by atoms with E-state index in [1.807, 2.05) is 38.1 Å². The summed E-state index contributed by atoms with van der Waals surface area (Å²) in [6, 6.07) is 14.1. The van der Waals surface area contributed by atoms with Gasteiger partial charge in [0.1, 0.15) is 0 Å². The summed E-state index contributed by atoms with van der Waals surface area (Å²) in [5, 5.41) is 3.40. The van der Waals surface area contributed by atoms with Gasteiger partial charge in [0.25, 0.3) is 5.91 Å². The first-order valence-electron chi connectivity index (χ1n) is 9.93. The number of fused-ring (bicyclic) bond motifs is 1. The number of aryl methyl sites for hydroxylation is 1. The van der Waals surface area contributed by atoms with Gasteiger partial charge in [0.05, 0.1) is 23.8 Å². The molecule has 1 aromatic heterocycles.